The van der Waals surface area contributed by atoms with E-state index in [-0.39, 0.29) is 6.61 Å². The lowest BCUT2D eigenvalue weighted by atomic mass is 9.68. The number of hydrogen-bond acceptors (Lipinski definition) is 3. The van der Waals surface area contributed by atoms with Crippen molar-refractivity contribution in [3.63, 3.8) is 0 Å². The van der Waals surface area contributed by atoms with Gasteiger partial charge in [-0.05, 0) is 36.0 Å². The quantitative estimate of drug-likeness (QED) is 0.675. The average Bonchev–Trinajstić information content (AvgIpc) is 2.68. The minimum absolute atomic E-state index is 0.152. The van der Waals surface area contributed by atoms with Crippen molar-refractivity contribution in [1.82, 2.24) is 5.32 Å². The van der Waals surface area contributed by atoms with E-state index in [1.807, 2.05) is 0 Å². The molecule has 4 atom stereocenters. The van der Waals surface area contributed by atoms with Gasteiger partial charge >= 0.3 is 0 Å². The molecule has 0 spiro atoms. The van der Waals surface area contributed by atoms with Gasteiger partial charge in [-0.2, -0.15) is 0 Å². The van der Waals surface area contributed by atoms with Crippen molar-refractivity contribution in [1.29, 1.82) is 0 Å². The molecule has 0 aromatic heterocycles. The van der Waals surface area contributed by atoms with E-state index in [4.69, 9.17) is 5.11 Å². The molecule has 2 aliphatic rings. The van der Waals surface area contributed by atoms with Crippen LogP contribution >= 0.6 is 0 Å². The number of aliphatic hydroxyl groups excluding tert-OH is 2. The van der Waals surface area contributed by atoms with Crippen LogP contribution in [-0.2, 0) is 0 Å². The zero-order valence-corrected chi connectivity index (χ0v) is 10.7. The van der Waals surface area contributed by atoms with Gasteiger partial charge in [-0.25, -0.2) is 0 Å². The first kappa shape index (κ1) is 12.3. The third-order valence-corrected chi connectivity index (χ3v) is 5.04. The summed E-state index contributed by atoms with van der Waals surface area (Å²) in [7, 11) is 0. The first-order valence-electron chi connectivity index (χ1n) is 6.42. The van der Waals surface area contributed by atoms with E-state index < -0.39 is 6.10 Å². The molecule has 3 heteroatoms. The van der Waals surface area contributed by atoms with Crippen LogP contribution in [0.5, 0.6) is 0 Å². The van der Waals surface area contributed by atoms with Crippen molar-refractivity contribution >= 4 is 0 Å². The lowest BCUT2D eigenvalue weighted by molar-refractivity contribution is 0.0626. The van der Waals surface area contributed by atoms with Gasteiger partial charge in [0.15, 0.2) is 0 Å². The predicted octanol–water partition coefficient (Wildman–Crippen LogP) is 1.14. The normalized spacial score (nSPS) is 42.6. The molecule has 0 aromatic rings. The molecule has 0 amide bonds. The molecular weight excluding hydrogens is 202 g/mol. The molecule has 2 bridgehead atoms. The van der Waals surface area contributed by atoms with Crippen LogP contribution in [0.4, 0.5) is 0 Å². The Bertz CT molecular complexity index is 262. The van der Waals surface area contributed by atoms with Gasteiger partial charge in [-0.1, -0.05) is 20.8 Å². The van der Waals surface area contributed by atoms with Gasteiger partial charge in [0.05, 0.1) is 12.7 Å². The van der Waals surface area contributed by atoms with Crippen molar-refractivity contribution in [2.75, 3.05) is 13.2 Å². The summed E-state index contributed by atoms with van der Waals surface area (Å²) in [6.45, 7) is 7.40. The summed E-state index contributed by atoms with van der Waals surface area (Å²) in [5.41, 5.74) is 0.714. The SMILES string of the molecule is CC12CCC(C1)C(C)(C)C2NC[C@H](O)CO. The number of hydrogen-bond donors (Lipinski definition) is 3. The highest BCUT2D eigenvalue weighted by Crippen LogP contribution is 2.62. The van der Waals surface area contributed by atoms with Crippen molar-refractivity contribution in [2.45, 2.75) is 52.2 Å². The van der Waals surface area contributed by atoms with Crippen molar-refractivity contribution < 1.29 is 10.2 Å². The molecule has 94 valence electrons. The Morgan fingerprint density at radius 3 is 2.56 bits per heavy atom. The van der Waals surface area contributed by atoms with Crippen LogP contribution in [0.25, 0.3) is 0 Å². The second kappa shape index (κ2) is 3.97. The lowest BCUT2D eigenvalue weighted by Gasteiger charge is -2.43. The van der Waals surface area contributed by atoms with E-state index in [1.54, 1.807) is 0 Å². The summed E-state index contributed by atoms with van der Waals surface area (Å²) < 4.78 is 0. The minimum atomic E-state index is -0.626. The van der Waals surface area contributed by atoms with Crippen LogP contribution in [0.1, 0.15) is 40.0 Å². The predicted molar refractivity (Wildman–Crippen MR) is 64.1 cm³/mol. The zero-order chi connectivity index (χ0) is 12.0. The highest BCUT2D eigenvalue weighted by Gasteiger charge is 2.58. The zero-order valence-electron chi connectivity index (χ0n) is 10.7. The average molecular weight is 227 g/mol. The number of rotatable bonds is 4. The van der Waals surface area contributed by atoms with E-state index in [1.165, 1.54) is 19.3 Å². The highest BCUT2D eigenvalue weighted by atomic mass is 16.3. The van der Waals surface area contributed by atoms with Crippen molar-refractivity contribution in [3.8, 4) is 0 Å². The Hall–Kier alpha value is -0.120. The number of fused-ring (bicyclic) bond motifs is 2. The van der Waals surface area contributed by atoms with Crippen LogP contribution in [0.3, 0.4) is 0 Å². The van der Waals surface area contributed by atoms with E-state index in [0.29, 0.717) is 23.4 Å². The molecular formula is C13H25NO2. The second-order valence-corrected chi connectivity index (χ2v) is 6.59. The molecule has 2 saturated carbocycles. The van der Waals surface area contributed by atoms with Gasteiger partial charge in [0.25, 0.3) is 0 Å². The molecule has 0 saturated heterocycles. The third-order valence-electron chi connectivity index (χ3n) is 5.04. The maximum absolute atomic E-state index is 9.43. The standard InChI is InChI=1S/C13H25NO2/c1-12(2)9-4-5-13(3,6-9)11(12)14-7-10(16)8-15/h9-11,14-16H,4-8H2,1-3H3/t9?,10-,11?,13?/m0/s1. The van der Waals surface area contributed by atoms with Gasteiger partial charge in [0.1, 0.15) is 0 Å². The van der Waals surface area contributed by atoms with Crippen LogP contribution < -0.4 is 5.32 Å². The molecule has 16 heavy (non-hydrogen) atoms. The fourth-order valence-electron chi connectivity index (χ4n) is 4.13. The van der Waals surface area contributed by atoms with Gasteiger partial charge in [0.2, 0.25) is 0 Å². The summed E-state index contributed by atoms with van der Waals surface area (Å²) >= 11 is 0. The molecule has 3 nitrogen and oxygen atoms in total. The first-order valence-corrected chi connectivity index (χ1v) is 6.42. The van der Waals surface area contributed by atoms with Gasteiger partial charge < -0.3 is 15.5 Å². The van der Waals surface area contributed by atoms with Crippen LogP contribution in [-0.4, -0.2) is 35.5 Å². The lowest BCUT2D eigenvalue weighted by Crippen LogP contribution is -2.52. The molecule has 0 radical (unpaired) electrons. The van der Waals surface area contributed by atoms with Gasteiger partial charge in [-0.15, -0.1) is 0 Å². The Morgan fingerprint density at radius 1 is 1.38 bits per heavy atom. The summed E-state index contributed by atoms with van der Waals surface area (Å²) in [6.07, 6.45) is 3.34. The summed E-state index contributed by atoms with van der Waals surface area (Å²) in [5, 5.41) is 21.8. The summed E-state index contributed by atoms with van der Waals surface area (Å²) in [4.78, 5) is 0. The maximum Gasteiger partial charge on any atom is 0.0895 e. The topological polar surface area (TPSA) is 52.5 Å². The maximum atomic E-state index is 9.43. The monoisotopic (exact) mass is 227 g/mol. The molecule has 0 aromatic carbocycles. The first-order chi connectivity index (χ1) is 7.40. The van der Waals surface area contributed by atoms with Crippen molar-refractivity contribution in [3.05, 3.63) is 0 Å². The van der Waals surface area contributed by atoms with Crippen LogP contribution in [0, 0.1) is 16.7 Å². The molecule has 3 N–H and O–H groups in total. The smallest absolute Gasteiger partial charge is 0.0895 e. The Kier molecular flexibility index (Phi) is 3.06. The number of aliphatic hydroxyl groups is 2. The Balaban J connectivity index is 2.02. The van der Waals surface area contributed by atoms with E-state index >= 15 is 0 Å². The fourth-order valence-corrected chi connectivity index (χ4v) is 4.13. The molecule has 2 fully saturated rings. The van der Waals surface area contributed by atoms with Crippen LogP contribution in [0.2, 0.25) is 0 Å². The highest BCUT2D eigenvalue weighted by molar-refractivity contribution is 5.12. The second-order valence-electron chi connectivity index (χ2n) is 6.59. The molecule has 2 rings (SSSR count). The number of nitrogens with one attached hydrogen (secondary N) is 1. The Labute approximate surface area is 98.2 Å². The van der Waals surface area contributed by atoms with Gasteiger partial charge in [0, 0.05) is 12.6 Å². The van der Waals surface area contributed by atoms with Crippen LogP contribution in [0.15, 0.2) is 0 Å². The summed E-state index contributed by atoms with van der Waals surface area (Å²) in [5.74, 6) is 0.821. The molecule has 2 aliphatic carbocycles. The van der Waals surface area contributed by atoms with Crippen molar-refractivity contribution in [2.24, 2.45) is 16.7 Å². The molecule has 0 heterocycles. The van der Waals surface area contributed by atoms with E-state index in [2.05, 4.69) is 26.1 Å². The largest absolute Gasteiger partial charge is 0.394 e. The minimum Gasteiger partial charge on any atom is -0.394 e. The third kappa shape index (κ3) is 1.79. The molecule has 3 unspecified atom stereocenters. The van der Waals surface area contributed by atoms with E-state index in [9.17, 15) is 5.11 Å². The Morgan fingerprint density at radius 2 is 2.06 bits per heavy atom. The molecule has 0 aliphatic heterocycles. The van der Waals surface area contributed by atoms with Gasteiger partial charge in [-0.3, -0.25) is 0 Å². The summed E-state index contributed by atoms with van der Waals surface area (Å²) in [6, 6.07) is 0.472. The fraction of sp³-hybridized carbons (Fsp3) is 1.00. The van der Waals surface area contributed by atoms with E-state index in [0.717, 1.165) is 5.92 Å².